The fourth-order valence-corrected chi connectivity index (χ4v) is 6.14. The van der Waals surface area contributed by atoms with Gasteiger partial charge in [-0.15, -0.1) is 0 Å². The maximum atomic E-state index is 2.85. The maximum absolute atomic E-state index is 2.85. The van der Waals surface area contributed by atoms with E-state index in [4.69, 9.17) is 0 Å². The topological polar surface area (TPSA) is 6.48 Å². The molecule has 1 spiro atoms. The highest BCUT2D eigenvalue weighted by Crippen LogP contribution is 2.56. The summed E-state index contributed by atoms with van der Waals surface area (Å²) in [5.74, 6) is 2.18. The van der Waals surface area contributed by atoms with Crippen LogP contribution >= 0.6 is 0 Å². The van der Waals surface area contributed by atoms with Crippen LogP contribution in [-0.4, -0.2) is 49.1 Å². The summed E-state index contributed by atoms with van der Waals surface area (Å²) in [6, 6.07) is 0. The van der Waals surface area contributed by atoms with E-state index in [1.165, 1.54) is 65.0 Å². The van der Waals surface area contributed by atoms with Gasteiger partial charge in [-0.2, -0.15) is 0 Å². The molecule has 1 unspecified atom stereocenters. The number of hydrogen-bond donors (Lipinski definition) is 0. The Morgan fingerprint density at radius 1 is 0.762 bits per heavy atom. The van der Waals surface area contributed by atoms with Gasteiger partial charge in [0.25, 0.3) is 0 Å². The minimum absolute atomic E-state index is 0.751. The van der Waals surface area contributed by atoms with Gasteiger partial charge in [-0.05, 0) is 81.8 Å². The minimum Gasteiger partial charge on any atom is -0.302 e. The van der Waals surface area contributed by atoms with E-state index in [9.17, 15) is 0 Å². The Morgan fingerprint density at radius 2 is 1.48 bits per heavy atom. The normalized spacial score (nSPS) is 41.7. The van der Waals surface area contributed by atoms with Crippen molar-refractivity contribution in [3.05, 3.63) is 0 Å². The fraction of sp³-hybridized carbons (Fsp3) is 1.00. The lowest BCUT2D eigenvalue weighted by Gasteiger charge is -2.56. The smallest absolute Gasteiger partial charge is 0.0110 e. The predicted molar refractivity (Wildman–Crippen MR) is 88.5 cm³/mol. The van der Waals surface area contributed by atoms with Gasteiger partial charge in [0, 0.05) is 19.6 Å². The van der Waals surface area contributed by atoms with Crippen LogP contribution in [0, 0.1) is 17.3 Å². The first kappa shape index (κ1) is 14.5. The van der Waals surface area contributed by atoms with Gasteiger partial charge in [0.05, 0.1) is 0 Å². The lowest BCUT2D eigenvalue weighted by Crippen LogP contribution is -2.53. The summed E-state index contributed by atoms with van der Waals surface area (Å²) in [5.41, 5.74) is 0.751. The van der Waals surface area contributed by atoms with Gasteiger partial charge in [-0.1, -0.05) is 19.3 Å². The monoisotopic (exact) mass is 290 g/mol. The van der Waals surface area contributed by atoms with Gasteiger partial charge in [-0.25, -0.2) is 0 Å². The highest BCUT2D eigenvalue weighted by Gasteiger charge is 2.48. The zero-order valence-corrected chi connectivity index (χ0v) is 13.9. The number of nitrogens with zero attached hydrogens (tertiary/aromatic N) is 2. The van der Waals surface area contributed by atoms with Crippen molar-refractivity contribution in [2.75, 3.05) is 39.3 Å². The molecule has 2 heterocycles. The van der Waals surface area contributed by atoms with Crippen molar-refractivity contribution >= 4 is 0 Å². The number of likely N-dealkylation sites (tertiary alicyclic amines) is 2. The Kier molecular flexibility index (Phi) is 4.28. The molecule has 5 aliphatic rings. The Bertz CT molecular complexity index is 341. The molecule has 0 N–H and O–H groups in total. The maximum Gasteiger partial charge on any atom is 0.0110 e. The largest absolute Gasteiger partial charge is 0.302 e. The van der Waals surface area contributed by atoms with Gasteiger partial charge in [0.15, 0.2) is 0 Å². The summed E-state index contributed by atoms with van der Waals surface area (Å²) < 4.78 is 0. The van der Waals surface area contributed by atoms with Gasteiger partial charge < -0.3 is 9.80 Å². The van der Waals surface area contributed by atoms with Crippen LogP contribution in [0.5, 0.6) is 0 Å². The van der Waals surface area contributed by atoms with E-state index in [2.05, 4.69) is 9.80 Å². The van der Waals surface area contributed by atoms with Crippen LogP contribution in [0.2, 0.25) is 0 Å². The molecule has 2 bridgehead atoms. The van der Waals surface area contributed by atoms with E-state index in [0.717, 1.165) is 17.3 Å². The second kappa shape index (κ2) is 6.20. The molecule has 0 aromatic heterocycles. The SMILES string of the molecule is C1CCN(CCN2CCCC3(CC4CCC3CC4)C2)CC1. The molecule has 3 saturated carbocycles. The third-order valence-corrected chi connectivity index (χ3v) is 7.28. The van der Waals surface area contributed by atoms with Crippen LogP contribution in [0.1, 0.15) is 64.2 Å². The second-order valence-corrected chi connectivity index (χ2v) is 8.57. The van der Waals surface area contributed by atoms with E-state index in [-0.39, 0.29) is 0 Å². The summed E-state index contributed by atoms with van der Waals surface area (Å²) in [7, 11) is 0. The molecule has 2 nitrogen and oxygen atoms in total. The average molecular weight is 290 g/mol. The molecule has 0 radical (unpaired) electrons. The van der Waals surface area contributed by atoms with Crippen LogP contribution in [-0.2, 0) is 0 Å². The van der Waals surface area contributed by atoms with Gasteiger partial charge >= 0.3 is 0 Å². The van der Waals surface area contributed by atoms with Crippen molar-refractivity contribution < 1.29 is 0 Å². The molecule has 2 saturated heterocycles. The summed E-state index contributed by atoms with van der Waals surface area (Å²) in [5, 5.41) is 0. The van der Waals surface area contributed by atoms with Crippen molar-refractivity contribution in [3.63, 3.8) is 0 Å². The van der Waals surface area contributed by atoms with Crippen molar-refractivity contribution in [2.24, 2.45) is 17.3 Å². The van der Waals surface area contributed by atoms with Gasteiger partial charge in [0.2, 0.25) is 0 Å². The number of hydrogen-bond acceptors (Lipinski definition) is 2. The molecule has 2 heteroatoms. The molecular formula is C19H34N2. The summed E-state index contributed by atoms with van der Waals surface area (Å²) >= 11 is 0. The highest BCUT2D eigenvalue weighted by atomic mass is 15.2. The van der Waals surface area contributed by atoms with Crippen molar-refractivity contribution in [2.45, 2.75) is 64.2 Å². The van der Waals surface area contributed by atoms with Crippen LogP contribution in [0.15, 0.2) is 0 Å². The molecule has 0 aromatic carbocycles. The fourth-order valence-electron chi connectivity index (χ4n) is 6.14. The summed E-state index contributed by atoms with van der Waals surface area (Å²) in [6.07, 6.45) is 15.2. The molecule has 21 heavy (non-hydrogen) atoms. The first-order valence-corrected chi connectivity index (χ1v) is 9.79. The number of piperidine rings is 2. The average Bonchev–Trinajstić information content (AvgIpc) is 2.55. The molecule has 5 rings (SSSR count). The molecule has 0 amide bonds. The standard InChI is InChI=1S/C19H34N2/c1-2-10-20(11-3-1)13-14-21-12-4-9-19(16-21)15-17-5-7-18(19)8-6-17/h17-18H,1-16H2. The Balaban J connectivity index is 1.32. The van der Waals surface area contributed by atoms with E-state index < -0.39 is 0 Å². The summed E-state index contributed by atoms with van der Waals surface area (Å²) in [4.78, 5) is 5.57. The number of fused-ring (bicyclic) bond motifs is 2. The second-order valence-electron chi connectivity index (χ2n) is 8.57. The van der Waals surface area contributed by atoms with Crippen molar-refractivity contribution in [1.29, 1.82) is 0 Å². The third kappa shape index (κ3) is 3.03. The zero-order chi connectivity index (χ0) is 14.1. The van der Waals surface area contributed by atoms with Crippen molar-refractivity contribution in [3.8, 4) is 0 Å². The van der Waals surface area contributed by atoms with E-state index in [1.807, 2.05) is 0 Å². The lowest BCUT2D eigenvalue weighted by atomic mass is 9.53. The first-order chi connectivity index (χ1) is 10.3. The number of rotatable bonds is 3. The first-order valence-electron chi connectivity index (χ1n) is 9.79. The van der Waals surface area contributed by atoms with E-state index in [1.54, 1.807) is 38.5 Å². The molecular weight excluding hydrogens is 256 g/mol. The molecule has 120 valence electrons. The summed E-state index contributed by atoms with van der Waals surface area (Å²) in [6.45, 7) is 8.24. The van der Waals surface area contributed by atoms with E-state index in [0.29, 0.717) is 0 Å². The lowest BCUT2D eigenvalue weighted by molar-refractivity contribution is -0.0552. The molecule has 1 atom stereocenters. The zero-order valence-electron chi connectivity index (χ0n) is 13.9. The van der Waals surface area contributed by atoms with E-state index >= 15 is 0 Å². The molecule has 5 fully saturated rings. The minimum atomic E-state index is 0.751. The quantitative estimate of drug-likeness (QED) is 0.781. The predicted octanol–water partition coefficient (Wildman–Crippen LogP) is 3.76. The van der Waals surface area contributed by atoms with Crippen LogP contribution in [0.4, 0.5) is 0 Å². The molecule has 3 aliphatic carbocycles. The third-order valence-electron chi connectivity index (χ3n) is 7.28. The van der Waals surface area contributed by atoms with Crippen molar-refractivity contribution in [1.82, 2.24) is 9.80 Å². The molecule has 0 aromatic rings. The van der Waals surface area contributed by atoms with Crippen LogP contribution in [0.25, 0.3) is 0 Å². The van der Waals surface area contributed by atoms with Gasteiger partial charge in [-0.3, -0.25) is 0 Å². The van der Waals surface area contributed by atoms with Gasteiger partial charge in [0.1, 0.15) is 0 Å². The highest BCUT2D eigenvalue weighted by molar-refractivity contribution is 5.00. The van der Waals surface area contributed by atoms with Crippen LogP contribution in [0.3, 0.4) is 0 Å². The Hall–Kier alpha value is -0.0800. The molecule has 2 aliphatic heterocycles. The Labute approximate surface area is 131 Å². The Morgan fingerprint density at radius 3 is 2.19 bits per heavy atom. The van der Waals surface area contributed by atoms with Crippen LogP contribution < -0.4 is 0 Å².